The summed E-state index contributed by atoms with van der Waals surface area (Å²) in [5.74, 6) is 0.854. The minimum atomic E-state index is -0.397. The van der Waals surface area contributed by atoms with Gasteiger partial charge in [0, 0.05) is 18.2 Å². The van der Waals surface area contributed by atoms with E-state index in [1.165, 1.54) is 11.8 Å². The SMILES string of the molecule is Cc1ccccc1-c1nnc(S[C@@H](C(=O)c2ccccc2)c2ccccc2)n1C. The number of carbonyl (C=O) groups excluding carboxylic acids is 1. The standard InChI is InChI=1S/C24H21N3OS/c1-17-11-9-10-16-20(17)23-25-26-24(27(23)2)29-22(19-14-7-4-8-15-19)21(28)18-12-5-3-6-13-18/h3-16,22H,1-2H3/t22-/m1/s1. The van der Waals surface area contributed by atoms with Crippen LogP contribution >= 0.6 is 11.8 Å². The van der Waals surface area contributed by atoms with E-state index in [0.29, 0.717) is 10.7 Å². The highest BCUT2D eigenvalue weighted by Gasteiger charge is 2.26. The summed E-state index contributed by atoms with van der Waals surface area (Å²) in [6.07, 6.45) is 0. The lowest BCUT2D eigenvalue weighted by atomic mass is 10.0. The first-order valence-electron chi connectivity index (χ1n) is 9.41. The number of rotatable bonds is 6. The van der Waals surface area contributed by atoms with E-state index in [-0.39, 0.29) is 5.78 Å². The molecular weight excluding hydrogens is 378 g/mol. The van der Waals surface area contributed by atoms with Gasteiger partial charge in [0.2, 0.25) is 0 Å². The molecule has 3 aromatic carbocycles. The molecule has 0 radical (unpaired) electrons. The number of carbonyl (C=O) groups is 1. The van der Waals surface area contributed by atoms with Crippen molar-refractivity contribution in [3.05, 3.63) is 102 Å². The van der Waals surface area contributed by atoms with Crippen LogP contribution in [0.1, 0.15) is 26.7 Å². The molecule has 1 atom stereocenters. The van der Waals surface area contributed by atoms with E-state index in [9.17, 15) is 4.79 Å². The topological polar surface area (TPSA) is 47.8 Å². The van der Waals surface area contributed by atoms with Gasteiger partial charge in [0.05, 0.1) is 0 Å². The van der Waals surface area contributed by atoms with Gasteiger partial charge in [-0.05, 0) is 18.1 Å². The first kappa shape index (κ1) is 19.2. The molecule has 144 valence electrons. The fourth-order valence-corrected chi connectivity index (χ4v) is 4.32. The molecule has 4 rings (SSSR count). The third-order valence-corrected chi connectivity index (χ3v) is 6.13. The van der Waals surface area contributed by atoms with Gasteiger partial charge < -0.3 is 4.57 Å². The summed E-state index contributed by atoms with van der Waals surface area (Å²) in [7, 11) is 1.94. The maximum atomic E-state index is 13.3. The van der Waals surface area contributed by atoms with E-state index >= 15 is 0 Å². The van der Waals surface area contributed by atoms with E-state index in [2.05, 4.69) is 23.2 Å². The number of aryl methyl sites for hydroxylation is 1. The van der Waals surface area contributed by atoms with Crippen molar-refractivity contribution >= 4 is 17.5 Å². The Hall–Kier alpha value is -3.18. The molecule has 1 aromatic heterocycles. The third-order valence-electron chi connectivity index (χ3n) is 4.84. The molecule has 0 fully saturated rings. The van der Waals surface area contributed by atoms with Crippen LogP contribution in [-0.2, 0) is 7.05 Å². The van der Waals surface area contributed by atoms with Crippen molar-refractivity contribution in [1.82, 2.24) is 14.8 Å². The van der Waals surface area contributed by atoms with Crippen molar-refractivity contribution in [3.8, 4) is 11.4 Å². The molecule has 0 bridgehead atoms. The van der Waals surface area contributed by atoms with E-state index in [1.54, 1.807) is 0 Å². The molecule has 0 aliphatic heterocycles. The lowest BCUT2D eigenvalue weighted by Crippen LogP contribution is -2.11. The zero-order valence-corrected chi connectivity index (χ0v) is 17.1. The highest BCUT2D eigenvalue weighted by Crippen LogP contribution is 2.38. The van der Waals surface area contributed by atoms with Gasteiger partial charge in [-0.2, -0.15) is 0 Å². The molecule has 29 heavy (non-hydrogen) atoms. The number of aromatic nitrogens is 3. The molecule has 4 nitrogen and oxygen atoms in total. The van der Waals surface area contributed by atoms with Crippen LogP contribution in [0.3, 0.4) is 0 Å². The monoisotopic (exact) mass is 399 g/mol. The fourth-order valence-electron chi connectivity index (χ4n) is 3.24. The number of benzene rings is 3. The Bertz CT molecular complexity index is 1120. The minimum Gasteiger partial charge on any atom is -0.305 e. The zero-order valence-electron chi connectivity index (χ0n) is 16.3. The highest BCUT2D eigenvalue weighted by atomic mass is 32.2. The number of nitrogens with zero attached hydrogens (tertiary/aromatic N) is 3. The number of hydrogen-bond donors (Lipinski definition) is 0. The van der Waals surface area contributed by atoms with E-state index in [1.807, 2.05) is 90.5 Å². The van der Waals surface area contributed by atoms with Gasteiger partial charge in [0.25, 0.3) is 0 Å². The van der Waals surface area contributed by atoms with Crippen LogP contribution in [0.5, 0.6) is 0 Å². The third kappa shape index (κ3) is 4.00. The molecule has 0 aliphatic carbocycles. The van der Waals surface area contributed by atoms with Gasteiger partial charge in [-0.15, -0.1) is 10.2 Å². The summed E-state index contributed by atoms with van der Waals surface area (Å²) in [5, 5.41) is 9.12. The number of ketones is 1. The van der Waals surface area contributed by atoms with Gasteiger partial charge in [0.15, 0.2) is 16.8 Å². The zero-order chi connectivity index (χ0) is 20.2. The second-order valence-corrected chi connectivity index (χ2v) is 7.89. The second kappa shape index (κ2) is 8.45. The summed E-state index contributed by atoms with van der Waals surface area (Å²) in [6.45, 7) is 2.06. The van der Waals surface area contributed by atoms with Crippen molar-refractivity contribution < 1.29 is 4.79 Å². The van der Waals surface area contributed by atoms with Crippen molar-refractivity contribution in [3.63, 3.8) is 0 Å². The second-order valence-electron chi connectivity index (χ2n) is 6.82. The smallest absolute Gasteiger partial charge is 0.192 e. The quantitative estimate of drug-likeness (QED) is 0.317. The predicted octanol–water partition coefficient (Wildman–Crippen LogP) is 5.51. The van der Waals surface area contributed by atoms with Crippen LogP contribution in [0, 0.1) is 6.92 Å². The summed E-state index contributed by atoms with van der Waals surface area (Å²) >= 11 is 1.43. The lowest BCUT2D eigenvalue weighted by molar-refractivity contribution is 0.0989. The molecule has 4 aromatic rings. The van der Waals surface area contributed by atoms with Crippen molar-refractivity contribution in [2.75, 3.05) is 0 Å². The van der Waals surface area contributed by atoms with E-state index in [0.717, 1.165) is 22.5 Å². The van der Waals surface area contributed by atoms with Crippen LogP contribution in [-0.4, -0.2) is 20.5 Å². The molecule has 0 saturated heterocycles. The average Bonchev–Trinajstić information content (AvgIpc) is 3.13. The Balaban J connectivity index is 1.71. The number of thioether (sulfide) groups is 1. The maximum absolute atomic E-state index is 13.3. The van der Waals surface area contributed by atoms with Crippen molar-refractivity contribution in [2.45, 2.75) is 17.3 Å². The number of hydrogen-bond acceptors (Lipinski definition) is 4. The van der Waals surface area contributed by atoms with Crippen LogP contribution < -0.4 is 0 Å². The van der Waals surface area contributed by atoms with Crippen LogP contribution in [0.15, 0.2) is 90.1 Å². The number of Topliss-reactive ketones (excluding diaryl/α,β-unsaturated/α-hetero) is 1. The van der Waals surface area contributed by atoms with Crippen LogP contribution in [0.2, 0.25) is 0 Å². The summed E-state index contributed by atoms with van der Waals surface area (Å²) in [5.41, 5.74) is 3.82. The van der Waals surface area contributed by atoms with Gasteiger partial charge >= 0.3 is 0 Å². The first-order valence-corrected chi connectivity index (χ1v) is 10.3. The normalized spacial score (nSPS) is 11.9. The van der Waals surface area contributed by atoms with Crippen LogP contribution in [0.25, 0.3) is 11.4 Å². The molecule has 0 unspecified atom stereocenters. The molecule has 0 aliphatic rings. The Labute approximate surface area is 174 Å². The Kier molecular flexibility index (Phi) is 5.58. The van der Waals surface area contributed by atoms with Gasteiger partial charge in [0.1, 0.15) is 5.25 Å². The fraction of sp³-hybridized carbons (Fsp3) is 0.125. The van der Waals surface area contributed by atoms with Crippen molar-refractivity contribution in [1.29, 1.82) is 0 Å². The maximum Gasteiger partial charge on any atom is 0.192 e. The Morgan fingerprint density at radius 2 is 1.48 bits per heavy atom. The van der Waals surface area contributed by atoms with Crippen LogP contribution in [0.4, 0.5) is 0 Å². The molecule has 0 saturated carbocycles. The Morgan fingerprint density at radius 3 is 2.17 bits per heavy atom. The van der Waals surface area contributed by atoms with Gasteiger partial charge in [-0.3, -0.25) is 4.79 Å². The van der Waals surface area contributed by atoms with Crippen molar-refractivity contribution in [2.24, 2.45) is 7.05 Å². The molecule has 0 amide bonds. The predicted molar refractivity (Wildman–Crippen MR) is 117 cm³/mol. The van der Waals surface area contributed by atoms with E-state index < -0.39 is 5.25 Å². The highest BCUT2D eigenvalue weighted by molar-refractivity contribution is 8.00. The van der Waals surface area contributed by atoms with Gasteiger partial charge in [-0.25, -0.2) is 0 Å². The molecule has 5 heteroatoms. The minimum absolute atomic E-state index is 0.0576. The largest absolute Gasteiger partial charge is 0.305 e. The lowest BCUT2D eigenvalue weighted by Gasteiger charge is -2.16. The summed E-state index contributed by atoms with van der Waals surface area (Å²) in [4.78, 5) is 13.3. The summed E-state index contributed by atoms with van der Waals surface area (Å²) < 4.78 is 1.96. The molecule has 0 N–H and O–H groups in total. The molecule has 0 spiro atoms. The Morgan fingerprint density at radius 1 is 0.862 bits per heavy atom. The summed E-state index contributed by atoms with van der Waals surface area (Å²) in [6, 6.07) is 27.3. The first-order chi connectivity index (χ1) is 14.1. The molecular formula is C24H21N3OS. The van der Waals surface area contributed by atoms with Gasteiger partial charge in [-0.1, -0.05) is 96.7 Å². The average molecular weight is 400 g/mol. The van der Waals surface area contributed by atoms with E-state index in [4.69, 9.17) is 0 Å². The molecule has 1 heterocycles.